The maximum absolute atomic E-state index is 12.9. The molecule has 2 unspecified atom stereocenters. The van der Waals surface area contributed by atoms with Crippen molar-refractivity contribution in [3.05, 3.63) is 42.3 Å². The van der Waals surface area contributed by atoms with Crippen LogP contribution in [0.15, 0.2) is 40.0 Å². The van der Waals surface area contributed by atoms with Crippen molar-refractivity contribution in [1.29, 1.82) is 0 Å². The third kappa shape index (κ3) is 3.89. The Morgan fingerprint density at radius 2 is 1.93 bits per heavy atom. The summed E-state index contributed by atoms with van der Waals surface area (Å²) in [4.78, 5) is 4.65. The van der Waals surface area contributed by atoms with Crippen LogP contribution in [0.2, 0.25) is 0 Å². The van der Waals surface area contributed by atoms with Crippen LogP contribution in [0.25, 0.3) is 11.4 Å². The van der Waals surface area contributed by atoms with E-state index in [1.807, 2.05) is 11.5 Å². The van der Waals surface area contributed by atoms with Gasteiger partial charge in [0, 0.05) is 23.6 Å². The van der Waals surface area contributed by atoms with E-state index in [1.54, 1.807) is 30.6 Å². The highest BCUT2D eigenvalue weighted by Gasteiger charge is 2.30. The average molecular weight is 429 g/mol. The number of nitrogens with zero attached hydrogens (tertiary/aromatic N) is 5. The largest absolute Gasteiger partial charge is 0.339 e. The first-order valence-corrected chi connectivity index (χ1v) is 11.8. The van der Waals surface area contributed by atoms with E-state index in [0.717, 1.165) is 49.9 Å². The first-order valence-electron chi connectivity index (χ1n) is 10.3. The molecule has 0 bridgehead atoms. The molecule has 1 N–H and O–H groups in total. The molecule has 5 rings (SSSR count). The molecule has 30 heavy (non-hydrogen) atoms. The van der Waals surface area contributed by atoms with Crippen molar-refractivity contribution in [1.82, 2.24) is 29.6 Å². The summed E-state index contributed by atoms with van der Waals surface area (Å²) in [5.74, 6) is 2.40. The molecule has 2 heterocycles. The monoisotopic (exact) mass is 428 g/mol. The van der Waals surface area contributed by atoms with E-state index in [2.05, 4.69) is 25.1 Å². The predicted octanol–water partition coefficient (Wildman–Crippen LogP) is 2.98. The van der Waals surface area contributed by atoms with Crippen molar-refractivity contribution >= 4 is 10.0 Å². The predicted molar refractivity (Wildman–Crippen MR) is 108 cm³/mol. The van der Waals surface area contributed by atoms with Gasteiger partial charge in [-0.2, -0.15) is 4.98 Å². The molecule has 2 saturated carbocycles. The highest BCUT2D eigenvalue weighted by molar-refractivity contribution is 7.89. The number of aryl methyl sites for hydroxylation is 1. The summed E-state index contributed by atoms with van der Waals surface area (Å²) < 4.78 is 36.0. The van der Waals surface area contributed by atoms with Gasteiger partial charge in [-0.05, 0) is 69.7 Å². The summed E-state index contributed by atoms with van der Waals surface area (Å²) in [6.45, 7) is 1.92. The fourth-order valence-corrected chi connectivity index (χ4v) is 5.38. The van der Waals surface area contributed by atoms with Gasteiger partial charge in [-0.25, -0.2) is 13.1 Å². The zero-order valence-corrected chi connectivity index (χ0v) is 17.5. The van der Waals surface area contributed by atoms with E-state index in [1.165, 1.54) is 0 Å². The quantitative estimate of drug-likeness (QED) is 0.641. The van der Waals surface area contributed by atoms with E-state index < -0.39 is 10.0 Å². The molecule has 0 radical (unpaired) electrons. The average Bonchev–Trinajstić information content (AvgIpc) is 3.30. The minimum absolute atomic E-state index is 0.117. The van der Waals surface area contributed by atoms with Crippen molar-refractivity contribution in [3.63, 3.8) is 0 Å². The van der Waals surface area contributed by atoms with Gasteiger partial charge in [0.2, 0.25) is 21.7 Å². The number of benzene rings is 1. The molecule has 3 aromatic rings. The SMILES string of the molecule is Cc1nncn1C1CCCC(NS(=O)(=O)c2ccc(-c3noc(C4CC4)n3)cc2)C1. The number of hydrogen-bond donors (Lipinski definition) is 1. The van der Waals surface area contributed by atoms with Gasteiger partial charge in [-0.3, -0.25) is 0 Å². The van der Waals surface area contributed by atoms with Gasteiger partial charge in [-0.1, -0.05) is 5.16 Å². The lowest BCUT2D eigenvalue weighted by Gasteiger charge is -2.30. The van der Waals surface area contributed by atoms with Crippen LogP contribution in [0, 0.1) is 6.92 Å². The fraction of sp³-hybridized carbons (Fsp3) is 0.500. The fourth-order valence-electron chi connectivity index (χ4n) is 4.10. The van der Waals surface area contributed by atoms with Gasteiger partial charge in [-0.15, -0.1) is 10.2 Å². The minimum Gasteiger partial charge on any atom is -0.339 e. The van der Waals surface area contributed by atoms with E-state index in [-0.39, 0.29) is 17.0 Å². The molecule has 10 heteroatoms. The van der Waals surface area contributed by atoms with Gasteiger partial charge >= 0.3 is 0 Å². The Bertz CT molecular complexity index is 1130. The summed E-state index contributed by atoms with van der Waals surface area (Å²) in [5, 5.41) is 12.0. The summed E-state index contributed by atoms with van der Waals surface area (Å²) in [6.07, 6.45) is 7.40. The maximum Gasteiger partial charge on any atom is 0.240 e. The molecular weight excluding hydrogens is 404 g/mol. The second-order valence-corrected chi connectivity index (χ2v) is 9.89. The summed E-state index contributed by atoms with van der Waals surface area (Å²) in [7, 11) is -3.61. The Balaban J connectivity index is 1.28. The molecular formula is C20H24N6O3S. The number of aromatic nitrogens is 5. The molecule has 2 aromatic heterocycles. The van der Waals surface area contributed by atoms with Crippen molar-refractivity contribution < 1.29 is 12.9 Å². The highest BCUT2D eigenvalue weighted by Crippen LogP contribution is 2.39. The van der Waals surface area contributed by atoms with Crippen LogP contribution in [0.1, 0.15) is 62.2 Å². The van der Waals surface area contributed by atoms with Gasteiger partial charge in [0.15, 0.2) is 0 Å². The molecule has 0 aliphatic heterocycles. The Morgan fingerprint density at radius 1 is 1.13 bits per heavy atom. The van der Waals surface area contributed by atoms with Crippen LogP contribution >= 0.6 is 0 Å². The Labute approximate surface area is 175 Å². The van der Waals surface area contributed by atoms with E-state index >= 15 is 0 Å². The second kappa shape index (κ2) is 7.59. The molecule has 0 saturated heterocycles. The van der Waals surface area contributed by atoms with Gasteiger partial charge < -0.3 is 9.09 Å². The smallest absolute Gasteiger partial charge is 0.240 e. The highest BCUT2D eigenvalue weighted by atomic mass is 32.2. The summed E-state index contributed by atoms with van der Waals surface area (Å²) in [6, 6.07) is 6.72. The van der Waals surface area contributed by atoms with Crippen molar-refractivity contribution in [2.45, 2.75) is 68.3 Å². The number of hydrogen-bond acceptors (Lipinski definition) is 7. The molecule has 2 aliphatic carbocycles. The second-order valence-electron chi connectivity index (χ2n) is 8.18. The number of nitrogens with one attached hydrogen (secondary N) is 1. The normalized spacial score (nSPS) is 22.3. The molecule has 9 nitrogen and oxygen atoms in total. The lowest BCUT2D eigenvalue weighted by atomic mass is 9.91. The Hall–Kier alpha value is -2.59. The Morgan fingerprint density at radius 3 is 2.63 bits per heavy atom. The molecule has 1 aromatic carbocycles. The zero-order chi connectivity index (χ0) is 20.7. The molecule has 2 aliphatic rings. The maximum atomic E-state index is 12.9. The van der Waals surface area contributed by atoms with Crippen LogP contribution < -0.4 is 4.72 Å². The lowest BCUT2D eigenvalue weighted by molar-refractivity contribution is 0.302. The van der Waals surface area contributed by atoms with Gasteiger partial charge in [0.25, 0.3) is 0 Å². The van der Waals surface area contributed by atoms with Crippen LogP contribution in [-0.2, 0) is 10.0 Å². The third-order valence-corrected chi connectivity index (χ3v) is 7.44. The van der Waals surface area contributed by atoms with Crippen LogP contribution in [0.5, 0.6) is 0 Å². The van der Waals surface area contributed by atoms with Crippen LogP contribution in [0.3, 0.4) is 0 Å². The summed E-state index contributed by atoms with van der Waals surface area (Å²) in [5.41, 5.74) is 0.741. The van der Waals surface area contributed by atoms with E-state index in [9.17, 15) is 8.42 Å². The standard InChI is InChI=1S/C20H24N6O3S/c1-13-23-21-12-26(13)17-4-2-3-16(11-17)25-30(27,28)18-9-7-14(8-10-18)19-22-20(29-24-19)15-5-6-15/h7-10,12,15-17,25H,2-6,11H2,1H3. The van der Waals surface area contributed by atoms with Crippen molar-refractivity contribution in [3.8, 4) is 11.4 Å². The van der Waals surface area contributed by atoms with Gasteiger partial charge in [0.1, 0.15) is 12.2 Å². The number of sulfonamides is 1. The third-order valence-electron chi connectivity index (χ3n) is 5.91. The summed E-state index contributed by atoms with van der Waals surface area (Å²) >= 11 is 0. The Kier molecular flexibility index (Phi) is 4.90. The van der Waals surface area contributed by atoms with Crippen LogP contribution in [-0.4, -0.2) is 39.4 Å². The molecule has 2 fully saturated rings. The lowest BCUT2D eigenvalue weighted by Crippen LogP contribution is -2.38. The first-order chi connectivity index (χ1) is 14.5. The van der Waals surface area contributed by atoms with Gasteiger partial charge in [0.05, 0.1) is 4.90 Å². The molecule has 0 amide bonds. The van der Waals surface area contributed by atoms with Crippen LogP contribution in [0.4, 0.5) is 0 Å². The van der Waals surface area contributed by atoms with E-state index in [4.69, 9.17) is 4.52 Å². The number of rotatable bonds is 6. The van der Waals surface area contributed by atoms with Crippen molar-refractivity contribution in [2.24, 2.45) is 0 Å². The zero-order valence-electron chi connectivity index (χ0n) is 16.7. The molecule has 0 spiro atoms. The first kappa shape index (κ1) is 19.4. The van der Waals surface area contributed by atoms with Crippen molar-refractivity contribution in [2.75, 3.05) is 0 Å². The molecule has 158 valence electrons. The minimum atomic E-state index is -3.61. The topological polar surface area (TPSA) is 116 Å². The van der Waals surface area contributed by atoms with E-state index in [0.29, 0.717) is 17.6 Å². The molecule has 2 atom stereocenters.